The van der Waals surface area contributed by atoms with Crippen LogP contribution in [0.4, 0.5) is 0 Å². The zero-order valence-corrected chi connectivity index (χ0v) is 10.9. The van der Waals surface area contributed by atoms with Crippen LogP contribution in [-0.2, 0) is 6.54 Å². The van der Waals surface area contributed by atoms with Crippen LogP contribution >= 0.6 is 0 Å². The molecule has 1 saturated carbocycles. The molecule has 0 aliphatic heterocycles. The van der Waals surface area contributed by atoms with E-state index >= 15 is 0 Å². The number of hydrogen-bond acceptors (Lipinski definition) is 2. The standard InChI is InChI=1S/C16H20N2/c1-12-3-2-4-16(12)18-10-13-5-6-15-11-17-8-7-14(15)9-13/h5-9,11-12,16,18H,2-4,10H2,1H3. The number of nitrogens with one attached hydrogen (secondary N) is 1. The Hall–Kier alpha value is -1.41. The van der Waals surface area contributed by atoms with Crippen molar-refractivity contribution < 1.29 is 0 Å². The van der Waals surface area contributed by atoms with Crippen molar-refractivity contribution >= 4 is 10.8 Å². The maximum atomic E-state index is 4.15. The average molecular weight is 240 g/mol. The van der Waals surface area contributed by atoms with Crippen molar-refractivity contribution in [3.8, 4) is 0 Å². The number of pyridine rings is 1. The lowest BCUT2D eigenvalue weighted by atomic mass is 10.1. The first-order valence-corrected chi connectivity index (χ1v) is 6.89. The number of nitrogens with zero attached hydrogens (tertiary/aromatic N) is 1. The lowest BCUT2D eigenvalue weighted by molar-refractivity contribution is 0.426. The summed E-state index contributed by atoms with van der Waals surface area (Å²) in [6.45, 7) is 3.34. The van der Waals surface area contributed by atoms with Crippen LogP contribution in [0.3, 0.4) is 0 Å². The summed E-state index contributed by atoms with van der Waals surface area (Å²) >= 11 is 0. The van der Waals surface area contributed by atoms with E-state index in [1.165, 1.54) is 35.6 Å². The number of fused-ring (bicyclic) bond motifs is 1. The van der Waals surface area contributed by atoms with Crippen molar-refractivity contribution in [3.05, 3.63) is 42.2 Å². The third-order valence-electron chi connectivity index (χ3n) is 4.13. The molecule has 1 aromatic heterocycles. The molecule has 1 aliphatic rings. The Bertz CT molecular complexity index is 535. The van der Waals surface area contributed by atoms with E-state index in [9.17, 15) is 0 Å². The van der Waals surface area contributed by atoms with E-state index in [4.69, 9.17) is 0 Å². The molecule has 18 heavy (non-hydrogen) atoms. The molecule has 2 aromatic rings. The number of hydrogen-bond donors (Lipinski definition) is 1. The zero-order valence-electron chi connectivity index (χ0n) is 10.9. The van der Waals surface area contributed by atoms with E-state index in [-0.39, 0.29) is 0 Å². The Balaban J connectivity index is 1.71. The monoisotopic (exact) mass is 240 g/mol. The smallest absolute Gasteiger partial charge is 0.0346 e. The zero-order chi connectivity index (χ0) is 12.4. The first-order chi connectivity index (χ1) is 8.83. The molecule has 0 bridgehead atoms. The summed E-state index contributed by atoms with van der Waals surface area (Å²) in [5.74, 6) is 0.828. The Morgan fingerprint density at radius 3 is 3.00 bits per heavy atom. The van der Waals surface area contributed by atoms with Gasteiger partial charge in [0.15, 0.2) is 0 Å². The van der Waals surface area contributed by atoms with Crippen molar-refractivity contribution in [1.82, 2.24) is 10.3 Å². The summed E-state index contributed by atoms with van der Waals surface area (Å²) in [5.41, 5.74) is 1.37. The van der Waals surface area contributed by atoms with Gasteiger partial charge >= 0.3 is 0 Å². The highest BCUT2D eigenvalue weighted by molar-refractivity contribution is 5.81. The number of aromatic nitrogens is 1. The van der Waals surface area contributed by atoms with Crippen molar-refractivity contribution in [2.24, 2.45) is 5.92 Å². The van der Waals surface area contributed by atoms with Gasteiger partial charge in [-0.3, -0.25) is 4.98 Å². The third-order valence-corrected chi connectivity index (χ3v) is 4.13. The van der Waals surface area contributed by atoms with Gasteiger partial charge in [-0.15, -0.1) is 0 Å². The second kappa shape index (κ2) is 5.07. The summed E-state index contributed by atoms with van der Waals surface area (Å²) in [6, 6.07) is 9.42. The summed E-state index contributed by atoms with van der Waals surface area (Å²) < 4.78 is 0. The highest BCUT2D eigenvalue weighted by Crippen LogP contribution is 2.25. The van der Waals surface area contributed by atoms with Gasteiger partial charge in [0.2, 0.25) is 0 Å². The molecule has 0 spiro atoms. The molecule has 3 rings (SSSR count). The van der Waals surface area contributed by atoms with Crippen molar-refractivity contribution in [2.45, 2.75) is 38.8 Å². The van der Waals surface area contributed by atoms with Gasteiger partial charge in [0, 0.05) is 30.4 Å². The van der Waals surface area contributed by atoms with Gasteiger partial charge in [-0.05, 0) is 41.8 Å². The summed E-state index contributed by atoms with van der Waals surface area (Å²) in [6.07, 6.45) is 7.87. The SMILES string of the molecule is CC1CCCC1NCc1ccc2cnccc2c1. The second-order valence-electron chi connectivity index (χ2n) is 5.45. The topological polar surface area (TPSA) is 24.9 Å². The summed E-state index contributed by atoms with van der Waals surface area (Å²) in [5, 5.41) is 6.20. The van der Waals surface area contributed by atoms with Crippen LogP contribution in [0.1, 0.15) is 31.7 Å². The van der Waals surface area contributed by atoms with Crippen LogP contribution in [0.2, 0.25) is 0 Å². The van der Waals surface area contributed by atoms with E-state index in [0.29, 0.717) is 6.04 Å². The summed E-state index contributed by atoms with van der Waals surface area (Å²) in [7, 11) is 0. The molecule has 1 aliphatic carbocycles. The Kier molecular flexibility index (Phi) is 3.28. The lowest BCUT2D eigenvalue weighted by Crippen LogP contribution is -2.30. The Labute approximate surface area is 108 Å². The molecule has 2 unspecified atom stereocenters. The molecule has 2 heteroatoms. The minimum atomic E-state index is 0.707. The van der Waals surface area contributed by atoms with E-state index in [1.807, 2.05) is 12.4 Å². The van der Waals surface area contributed by atoms with Crippen LogP contribution in [-0.4, -0.2) is 11.0 Å². The quantitative estimate of drug-likeness (QED) is 0.888. The fourth-order valence-corrected chi connectivity index (χ4v) is 2.94. The van der Waals surface area contributed by atoms with E-state index in [2.05, 4.69) is 41.5 Å². The Morgan fingerprint density at radius 2 is 2.17 bits per heavy atom. The minimum Gasteiger partial charge on any atom is -0.310 e. The predicted octanol–water partition coefficient (Wildman–Crippen LogP) is 3.51. The molecule has 1 heterocycles. The molecule has 2 nitrogen and oxygen atoms in total. The molecule has 94 valence electrons. The molecule has 1 N–H and O–H groups in total. The molecular formula is C16H20N2. The molecule has 2 atom stereocenters. The maximum absolute atomic E-state index is 4.15. The molecule has 0 amide bonds. The van der Waals surface area contributed by atoms with Crippen molar-refractivity contribution in [1.29, 1.82) is 0 Å². The van der Waals surface area contributed by atoms with Gasteiger partial charge in [0.25, 0.3) is 0 Å². The fourth-order valence-electron chi connectivity index (χ4n) is 2.94. The predicted molar refractivity (Wildman–Crippen MR) is 75.4 cm³/mol. The largest absolute Gasteiger partial charge is 0.310 e. The number of rotatable bonds is 3. The van der Waals surface area contributed by atoms with Crippen LogP contribution in [0.25, 0.3) is 10.8 Å². The van der Waals surface area contributed by atoms with Gasteiger partial charge in [-0.2, -0.15) is 0 Å². The molecule has 0 saturated heterocycles. The number of benzene rings is 1. The van der Waals surface area contributed by atoms with Crippen LogP contribution in [0.5, 0.6) is 0 Å². The summed E-state index contributed by atoms with van der Waals surface area (Å²) in [4.78, 5) is 4.15. The van der Waals surface area contributed by atoms with E-state index in [1.54, 1.807) is 0 Å². The molecular weight excluding hydrogens is 220 g/mol. The fraction of sp³-hybridized carbons (Fsp3) is 0.438. The highest BCUT2D eigenvalue weighted by Gasteiger charge is 2.22. The average Bonchev–Trinajstić information content (AvgIpc) is 2.82. The minimum absolute atomic E-state index is 0.707. The normalized spacial score (nSPS) is 23.6. The molecule has 1 fully saturated rings. The van der Waals surface area contributed by atoms with Crippen molar-refractivity contribution in [3.63, 3.8) is 0 Å². The Morgan fingerprint density at radius 1 is 1.22 bits per heavy atom. The van der Waals surface area contributed by atoms with Crippen LogP contribution in [0.15, 0.2) is 36.7 Å². The maximum Gasteiger partial charge on any atom is 0.0346 e. The highest BCUT2D eigenvalue weighted by atomic mass is 14.9. The first-order valence-electron chi connectivity index (χ1n) is 6.89. The molecule has 0 radical (unpaired) electrons. The van der Waals surface area contributed by atoms with E-state index < -0.39 is 0 Å². The third kappa shape index (κ3) is 2.39. The van der Waals surface area contributed by atoms with Gasteiger partial charge in [0.1, 0.15) is 0 Å². The van der Waals surface area contributed by atoms with Crippen LogP contribution < -0.4 is 5.32 Å². The van der Waals surface area contributed by atoms with Crippen molar-refractivity contribution in [2.75, 3.05) is 0 Å². The molecule has 1 aromatic carbocycles. The van der Waals surface area contributed by atoms with Gasteiger partial charge in [0.05, 0.1) is 0 Å². The van der Waals surface area contributed by atoms with Gasteiger partial charge < -0.3 is 5.32 Å². The lowest BCUT2D eigenvalue weighted by Gasteiger charge is -2.17. The van der Waals surface area contributed by atoms with Gasteiger partial charge in [-0.25, -0.2) is 0 Å². The second-order valence-corrected chi connectivity index (χ2v) is 5.45. The van der Waals surface area contributed by atoms with Crippen LogP contribution in [0, 0.1) is 5.92 Å². The van der Waals surface area contributed by atoms with E-state index in [0.717, 1.165) is 12.5 Å². The van der Waals surface area contributed by atoms with Gasteiger partial charge in [-0.1, -0.05) is 25.5 Å². The first kappa shape index (κ1) is 11.7.